The maximum atomic E-state index is 12.5. The molecule has 6 heteroatoms. The maximum absolute atomic E-state index is 12.5. The van der Waals surface area contributed by atoms with E-state index in [4.69, 9.17) is 14.6 Å². The first-order valence-corrected chi connectivity index (χ1v) is 9.38. The number of ether oxygens (including phenoxy) is 2. The molecule has 1 fully saturated rings. The number of amides is 1. The van der Waals surface area contributed by atoms with Gasteiger partial charge in [-0.05, 0) is 42.0 Å². The van der Waals surface area contributed by atoms with Gasteiger partial charge in [0.05, 0.1) is 13.5 Å². The lowest BCUT2D eigenvalue weighted by Gasteiger charge is -2.17. The van der Waals surface area contributed by atoms with Crippen LogP contribution in [-0.2, 0) is 22.4 Å². The number of carboxylic acids is 1. The van der Waals surface area contributed by atoms with E-state index >= 15 is 0 Å². The van der Waals surface area contributed by atoms with Crippen LogP contribution in [0.5, 0.6) is 11.5 Å². The Hall–Kier alpha value is -3.02. The Balaban J connectivity index is 1.48. The number of nitrogens with zero attached hydrogens (tertiary/aromatic N) is 1. The van der Waals surface area contributed by atoms with Gasteiger partial charge >= 0.3 is 5.97 Å². The number of benzene rings is 2. The molecule has 1 unspecified atom stereocenters. The van der Waals surface area contributed by atoms with Crippen molar-refractivity contribution in [2.75, 3.05) is 26.8 Å². The van der Waals surface area contributed by atoms with Crippen molar-refractivity contribution in [1.29, 1.82) is 0 Å². The van der Waals surface area contributed by atoms with Gasteiger partial charge in [0.2, 0.25) is 0 Å². The van der Waals surface area contributed by atoms with E-state index in [1.807, 2.05) is 41.3 Å². The second kappa shape index (κ2) is 9.26. The third kappa shape index (κ3) is 5.25. The third-order valence-corrected chi connectivity index (χ3v) is 4.96. The van der Waals surface area contributed by atoms with Gasteiger partial charge in [-0.1, -0.05) is 36.4 Å². The van der Waals surface area contributed by atoms with Gasteiger partial charge in [-0.3, -0.25) is 9.59 Å². The van der Waals surface area contributed by atoms with E-state index in [0.717, 1.165) is 24.9 Å². The fraction of sp³-hybridized carbons (Fsp3) is 0.364. The van der Waals surface area contributed by atoms with Crippen LogP contribution in [0.4, 0.5) is 0 Å². The first-order chi connectivity index (χ1) is 13.5. The molecule has 0 radical (unpaired) electrons. The van der Waals surface area contributed by atoms with E-state index in [9.17, 15) is 9.59 Å². The van der Waals surface area contributed by atoms with Gasteiger partial charge in [-0.2, -0.15) is 0 Å². The van der Waals surface area contributed by atoms with Crippen molar-refractivity contribution in [3.63, 3.8) is 0 Å². The standard InChI is InChI=1S/C22H25NO5/c1-27-19-4-2-3-5-20(19)28-15-21(24)23-11-10-18(14-23)12-16-6-8-17(9-7-16)13-22(25)26/h2-9,18H,10-15H2,1H3,(H,25,26). The van der Waals surface area contributed by atoms with E-state index in [-0.39, 0.29) is 18.9 Å². The molecule has 2 aromatic carbocycles. The second-order valence-corrected chi connectivity index (χ2v) is 7.03. The number of aliphatic carboxylic acids is 1. The lowest BCUT2D eigenvalue weighted by molar-refractivity contribution is -0.136. The van der Waals surface area contributed by atoms with Crippen LogP contribution in [-0.4, -0.2) is 48.7 Å². The van der Waals surface area contributed by atoms with Gasteiger partial charge in [0, 0.05) is 13.1 Å². The third-order valence-electron chi connectivity index (χ3n) is 4.96. The van der Waals surface area contributed by atoms with Gasteiger partial charge in [0.15, 0.2) is 18.1 Å². The highest BCUT2D eigenvalue weighted by atomic mass is 16.5. The van der Waals surface area contributed by atoms with E-state index < -0.39 is 5.97 Å². The Labute approximate surface area is 164 Å². The minimum Gasteiger partial charge on any atom is -0.493 e. The van der Waals surface area contributed by atoms with Crippen molar-refractivity contribution in [1.82, 2.24) is 4.90 Å². The van der Waals surface area contributed by atoms with Crippen LogP contribution in [0.2, 0.25) is 0 Å². The van der Waals surface area contributed by atoms with Gasteiger partial charge in [-0.15, -0.1) is 0 Å². The Morgan fingerprint density at radius 1 is 1.07 bits per heavy atom. The lowest BCUT2D eigenvalue weighted by atomic mass is 9.97. The molecule has 1 aliphatic rings. The zero-order valence-electron chi connectivity index (χ0n) is 16.0. The number of carboxylic acid groups (broad SMARTS) is 1. The predicted octanol–water partition coefficient (Wildman–Crippen LogP) is 2.79. The molecule has 3 rings (SSSR count). The molecular weight excluding hydrogens is 358 g/mol. The molecule has 0 aliphatic carbocycles. The van der Waals surface area contributed by atoms with E-state index in [0.29, 0.717) is 24.0 Å². The molecule has 0 aromatic heterocycles. The summed E-state index contributed by atoms with van der Waals surface area (Å²) >= 11 is 0. The number of hydrogen-bond acceptors (Lipinski definition) is 4. The second-order valence-electron chi connectivity index (χ2n) is 7.03. The fourth-order valence-electron chi connectivity index (χ4n) is 3.50. The highest BCUT2D eigenvalue weighted by Gasteiger charge is 2.26. The maximum Gasteiger partial charge on any atom is 0.307 e. The highest BCUT2D eigenvalue weighted by Crippen LogP contribution is 2.26. The molecule has 1 N–H and O–H groups in total. The van der Waals surface area contributed by atoms with Crippen LogP contribution in [0.1, 0.15) is 17.5 Å². The molecule has 6 nitrogen and oxygen atoms in total. The first-order valence-electron chi connectivity index (χ1n) is 9.38. The molecule has 1 atom stereocenters. The Morgan fingerprint density at radius 3 is 2.43 bits per heavy atom. The van der Waals surface area contributed by atoms with Crippen LogP contribution in [0.3, 0.4) is 0 Å². The number of likely N-dealkylation sites (tertiary alicyclic amines) is 1. The summed E-state index contributed by atoms with van der Waals surface area (Å²) in [5.41, 5.74) is 1.96. The Morgan fingerprint density at radius 2 is 1.75 bits per heavy atom. The Kier molecular flexibility index (Phi) is 6.53. The van der Waals surface area contributed by atoms with Crippen LogP contribution in [0.15, 0.2) is 48.5 Å². The number of carbonyl (C=O) groups excluding carboxylic acids is 1. The number of rotatable bonds is 8. The summed E-state index contributed by atoms with van der Waals surface area (Å²) in [6.07, 6.45) is 1.87. The normalized spacial score (nSPS) is 16.0. The largest absolute Gasteiger partial charge is 0.493 e. The first kappa shape index (κ1) is 19.7. The van der Waals surface area contributed by atoms with Crippen LogP contribution in [0, 0.1) is 5.92 Å². The van der Waals surface area contributed by atoms with Crippen LogP contribution < -0.4 is 9.47 Å². The topological polar surface area (TPSA) is 76.1 Å². The zero-order valence-corrected chi connectivity index (χ0v) is 16.0. The minimum atomic E-state index is -0.826. The summed E-state index contributed by atoms with van der Waals surface area (Å²) in [5.74, 6) is 0.732. The number of carbonyl (C=O) groups is 2. The van der Waals surface area contributed by atoms with Crippen LogP contribution >= 0.6 is 0 Å². The molecule has 1 aliphatic heterocycles. The Bertz CT molecular complexity index is 818. The van der Waals surface area contributed by atoms with Crippen molar-refractivity contribution in [2.45, 2.75) is 19.3 Å². The quantitative estimate of drug-likeness (QED) is 0.759. The van der Waals surface area contributed by atoms with Gasteiger partial charge in [0.25, 0.3) is 5.91 Å². The van der Waals surface area contributed by atoms with Crippen molar-refractivity contribution < 1.29 is 24.2 Å². The van der Waals surface area contributed by atoms with Crippen LogP contribution in [0.25, 0.3) is 0 Å². The molecule has 1 amide bonds. The summed E-state index contributed by atoms with van der Waals surface area (Å²) in [7, 11) is 1.57. The molecule has 1 heterocycles. The van der Waals surface area contributed by atoms with Crippen molar-refractivity contribution in [3.8, 4) is 11.5 Å². The van der Waals surface area contributed by atoms with Gasteiger partial charge in [-0.25, -0.2) is 0 Å². The van der Waals surface area contributed by atoms with E-state index in [2.05, 4.69) is 0 Å². The predicted molar refractivity (Wildman–Crippen MR) is 105 cm³/mol. The SMILES string of the molecule is COc1ccccc1OCC(=O)N1CCC(Cc2ccc(CC(=O)O)cc2)C1. The summed E-state index contributed by atoms with van der Waals surface area (Å²) in [6, 6.07) is 15.0. The molecule has 28 heavy (non-hydrogen) atoms. The van der Waals surface area contributed by atoms with E-state index in [1.54, 1.807) is 19.2 Å². The number of para-hydroxylation sites is 2. The molecule has 0 spiro atoms. The smallest absolute Gasteiger partial charge is 0.307 e. The summed E-state index contributed by atoms with van der Waals surface area (Å²) in [5, 5.41) is 8.84. The van der Waals surface area contributed by atoms with Gasteiger partial charge < -0.3 is 19.5 Å². The lowest BCUT2D eigenvalue weighted by Crippen LogP contribution is -2.33. The van der Waals surface area contributed by atoms with Gasteiger partial charge in [0.1, 0.15) is 0 Å². The molecule has 0 bridgehead atoms. The monoisotopic (exact) mass is 383 g/mol. The molecule has 2 aromatic rings. The summed E-state index contributed by atoms with van der Waals surface area (Å²) < 4.78 is 10.9. The van der Waals surface area contributed by atoms with Crippen molar-refractivity contribution in [2.24, 2.45) is 5.92 Å². The molecular formula is C22H25NO5. The fourth-order valence-corrected chi connectivity index (χ4v) is 3.50. The molecule has 0 saturated carbocycles. The molecule has 1 saturated heterocycles. The van der Waals surface area contributed by atoms with Crippen molar-refractivity contribution >= 4 is 11.9 Å². The minimum absolute atomic E-state index is 0.00300. The summed E-state index contributed by atoms with van der Waals surface area (Å²) in [6.45, 7) is 1.44. The zero-order chi connectivity index (χ0) is 19.9. The van der Waals surface area contributed by atoms with E-state index in [1.165, 1.54) is 5.56 Å². The van der Waals surface area contributed by atoms with Crippen molar-refractivity contribution in [3.05, 3.63) is 59.7 Å². The summed E-state index contributed by atoms with van der Waals surface area (Å²) in [4.78, 5) is 25.1. The average molecular weight is 383 g/mol. The number of hydrogen-bond donors (Lipinski definition) is 1. The molecule has 148 valence electrons. The number of methoxy groups -OCH3 is 1. The average Bonchev–Trinajstić information content (AvgIpc) is 3.16. The highest BCUT2D eigenvalue weighted by molar-refractivity contribution is 5.78.